The summed E-state index contributed by atoms with van der Waals surface area (Å²) >= 11 is 5.73. The predicted octanol–water partition coefficient (Wildman–Crippen LogP) is 5.18. The zero-order chi connectivity index (χ0) is 23.7. The van der Waals surface area contributed by atoms with Gasteiger partial charge in [0, 0.05) is 41.6 Å². The maximum absolute atomic E-state index is 13.0. The van der Waals surface area contributed by atoms with Crippen molar-refractivity contribution in [3.05, 3.63) is 95.6 Å². The van der Waals surface area contributed by atoms with Crippen molar-refractivity contribution in [3.8, 4) is 0 Å². The molecule has 1 aliphatic heterocycles. The number of nitrogens with zero attached hydrogens (tertiary/aromatic N) is 2. The Labute approximate surface area is 204 Å². The number of carbonyl (C=O) groups is 1. The third kappa shape index (κ3) is 4.26. The van der Waals surface area contributed by atoms with Crippen LogP contribution in [-0.4, -0.2) is 32.4 Å². The number of pyridine rings is 1. The summed E-state index contributed by atoms with van der Waals surface area (Å²) in [5.74, 6) is -0.0406. The van der Waals surface area contributed by atoms with Gasteiger partial charge in [-0.05, 0) is 61.3 Å². The first-order valence-corrected chi connectivity index (χ1v) is 11.8. The van der Waals surface area contributed by atoms with Crippen LogP contribution in [0, 0.1) is 13.8 Å². The Hall–Kier alpha value is -3.71. The van der Waals surface area contributed by atoms with Crippen LogP contribution in [0.1, 0.15) is 41.1 Å². The topological polar surface area (TPSA) is 73.1 Å². The van der Waals surface area contributed by atoms with Crippen LogP contribution in [0.3, 0.4) is 0 Å². The highest BCUT2D eigenvalue weighted by atomic mass is 32.1. The van der Waals surface area contributed by atoms with Crippen LogP contribution < -0.4 is 10.6 Å². The molecule has 7 heteroatoms. The molecule has 1 amide bonds. The highest BCUT2D eigenvalue weighted by molar-refractivity contribution is 7.80. The Morgan fingerprint density at radius 2 is 1.88 bits per heavy atom. The summed E-state index contributed by atoms with van der Waals surface area (Å²) in [4.78, 5) is 23.1. The molecule has 1 saturated heterocycles. The monoisotopic (exact) mass is 469 g/mol. The molecule has 2 aromatic heterocycles. The molecular weight excluding hydrogens is 442 g/mol. The summed E-state index contributed by atoms with van der Waals surface area (Å²) in [6, 6.07) is 21.9. The molecule has 1 fully saturated rings. The lowest BCUT2D eigenvalue weighted by Gasteiger charge is -2.27. The predicted molar refractivity (Wildman–Crippen MR) is 140 cm³/mol. The van der Waals surface area contributed by atoms with E-state index in [4.69, 9.17) is 12.2 Å². The van der Waals surface area contributed by atoms with E-state index in [0.717, 1.165) is 39.1 Å². The number of aromatic nitrogens is 2. The first kappa shape index (κ1) is 22.1. The molecule has 6 nitrogen and oxygen atoms in total. The number of anilines is 1. The molecule has 4 aromatic rings. The standard InChI is InChI=1S/C27H27N5OS/c1-17-16-21(18(2)29-17)26-25(23-11-5-6-14-28-23)31-27(34)32(26)15-13-24(33)30-22-12-7-9-19-8-3-4-10-20(19)22/h3-12,14,16,25-26,29H,13,15H2,1-2H3,(H,30,33)(H,31,34)/t25-,26+/m0/s1. The molecule has 5 rings (SSSR count). The van der Waals surface area contributed by atoms with Gasteiger partial charge in [0.1, 0.15) is 0 Å². The minimum absolute atomic E-state index is 0.0406. The second kappa shape index (κ2) is 9.27. The molecule has 3 heterocycles. The van der Waals surface area contributed by atoms with Gasteiger partial charge in [-0.25, -0.2) is 0 Å². The zero-order valence-electron chi connectivity index (χ0n) is 19.2. The number of fused-ring (bicyclic) bond motifs is 1. The number of H-pyrrole nitrogens is 1. The van der Waals surface area contributed by atoms with Crippen molar-refractivity contribution in [3.63, 3.8) is 0 Å². The Kier molecular flexibility index (Phi) is 6.02. The Morgan fingerprint density at radius 3 is 2.65 bits per heavy atom. The first-order valence-electron chi connectivity index (χ1n) is 11.4. The number of carbonyl (C=O) groups excluding carboxylic acids is 1. The van der Waals surface area contributed by atoms with Crippen molar-refractivity contribution >= 4 is 39.7 Å². The summed E-state index contributed by atoms with van der Waals surface area (Å²) in [7, 11) is 0. The van der Waals surface area contributed by atoms with E-state index in [9.17, 15) is 4.79 Å². The third-order valence-electron chi connectivity index (χ3n) is 6.35. The van der Waals surface area contributed by atoms with Gasteiger partial charge in [-0.2, -0.15) is 0 Å². The summed E-state index contributed by atoms with van der Waals surface area (Å²) in [5, 5.41) is 9.31. The van der Waals surface area contributed by atoms with E-state index in [0.29, 0.717) is 18.1 Å². The van der Waals surface area contributed by atoms with Gasteiger partial charge in [-0.1, -0.05) is 42.5 Å². The maximum atomic E-state index is 13.0. The summed E-state index contributed by atoms with van der Waals surface area (Å²) in [5.41, 5.74) is 5.11. The van der Waals surface area contributed by atoms with E-state index in [1.54, 1.807) is 6.20 Å². The fraction of sp³-hybridized carbons (Fsp3) is 0.222. The van der Waals surface area contributed by atoms with Crippen molar-refractivity contribution in [2.45, 2.75) is 32.4 Å². The van der Waals surface area contributed by atoms with Gasteiger partial charge in [0.15, 0.2) is 5.11 Å². The molecule has 0 saturated carbocycles. The second-order valence-corrected chi connectivity index (χ2v) is 9.06. The number of thiocarbonyl (C=S) groups is 1. The van der Waals surface area contributed by atoms with Crippen molar-refractivity contribution in [2.24, 2.45) is 0 Å². The fourth-order valence-electron chi connectivity index (χ4n) is 4.81. The molecule has 0 aliphatic carbocycles. The largest absolute Gasteiger partial charge is 0.362 e. The molecule has 0 spiro atoms. The molecule has 34 heavy (non-hydrogen) atoms. The Bertz CT molecular complexity index is 1340. The van der Waals surface area contributed by atoms with Gasteiger partial charge in [-0.3, -0.25) is 9.78 Å². The van der Waals surface area contributed by atoms with Gasteiger partial charge < -0.3 is 20.5 Å². The quantitative estimate of drug-likeness (QED) is 0.339. The van der Waals surface area contributed by atoms with Crippen molar-refractivity contribution in [2.75, 3.05) is 11.9 Å². The number of hydrogen-bond donors (Lipinski definition) is 3. The highest BCUT2D eigenvalue weighted by Crippen LogP contribution is 2.40. The minimum Gasteiger partial charge on any atom is -0.362 e. The van der Waals surface area contributed by atoms with E-state index in [1.165, 1.54) is 0 Å². The smallest absolute Gasteiger partial charge is 0.226 e. The first-order chi connectivity index (χ1) is 16.5. The van der Waals surface area contributed by atoms with Crippen LogP contribution in [0.15, 0.2) is 72.9 Å². The van der Waals surface area contributed by atoms with Gasteiger partial charge >= 0.3 is 0 Å². The summed E-state index contributed by atoms with van der Waals surface area (Å²) < 4.78 is 0. The van der Waals surface area contributed by atoms with Crippen LogP contribution in [0.4, 0.5) is 5.69 Å². The number of aryl methyl sites for hydroxylation is 2. The second-order valence-electron chi connectivity index (χ2n) is 8.68. The summed E-state index contributed by atoms with van der Waals surface area (Å²) in [6.07, 6.45) is 2.12. The number of nitrogens with one attached hydrogen (secondary N) is 3. The summed E-state index contributed by atoms with van der Waals surface area (Å²) in [6.45, 7) is 4.62. The maximum Gasteiger partial charge on any atom is 0.226 e. The van der Waals surface area contributed by atoms with E-state index in [2.05, 4.69) is 45.4 Å². The lowest BCUT2D eigenvalue weighted by molar-refractivity contribution is -0.116. The molecule has 1 aliphatic rings. The van der Waals surface area contributed by atoms with Crippen LogP contribution in [0.25, 0.3) is 10.8 Å². The van der Waals surface area contributed by atoms with Gasteiger partial charge in [0.2, 0.25) is 5.91 Å². The normalized spacial score (nSPS) is 17.7. The third-order valence-corrected chi connectivity index (χ3v) is 6.70. The Morgan fingerprint density at radius 1 is 1.09 bits per heavy atom. The SMILES string of the molecule is Cc1cc([C@@H]2[C@H](c3ccccn3)NC(=S)N2CCC(=O)Nc2cccc3ccccc23)c(C)[nH]1. The molecule has 0 unspecified atom stereocenters. The van der Waals surface area contributed by atoms with E-state index in [1.807, 2.05) is 60.7 Å². The molecular formula is C27H27N5OS. The molecule has 0 radical (unpaired) electrons. The van der Waals surface area contributed by atoms with E-state index in [-0.39, 0.29) is 18.0 Å². The van der Waals surface area contributed by atoms with Crippen molar-refractivity contribution < 1.29 is 4.79 Å². The van der Waals surface area contributed by atoms with Crippen molar-refractivity contribution in [1.29, 1.82) is 0 Å². The molecule has 2 aromatic carbocycles. The number of hydrogen-bond acceptors (Lipinski definition) is 3. The van der Waals surface area contributed by atoms with Crippen LogP contribution in [0.5, 0.6) is 0 Å². The zero-order valence-corrected chi connectivity index (χ0v) is 20.0. The van der Waals surface area contributed by atoms with E-state index < -0.39 is 0 Å². The fourth-order valence-corrected chi connectivity index (χ4v) is 5.14. The average Bonchev–Trinajstić information content (AvgIpc) is 3.35. The van der Waals surface area contributed by atoms with E-state index >= 15 is 0 Å². The van der Waals surface area contributed by atoms with Crippen LogP contribution in [-0.2, 0) is 4.79 Å². The Balaban J connectivity index is 1.37. The number of aromatic amines is 1. The lowest BCUT2D eigenvalue weighted by atomic mass is 9.96. The van der Waals surface area contributed by atoms with Crippen molar-refractivity contribution in [1.82, 2.24) is 20.2 Å². The van der Waals surface area contributed by atoms with Gasteiger partial charge in [0.05, 0.1) is 17.8 Å². The highest BCUT2D eigenvalue weighted by Gasteiger charge is 2.40. The lowest BCUT2D eigenvalue weighted by Crippen LogP contribution is -2.32. The van der Waals surface area contributed by atoms with Gasteiger partial charge in [-0.15, -0.1) is 0 Å². The number of amides is 1. The molecule has 3 N–H and O–H groups in total. The van der Waals surface area contributed by atoms with Crippen LogP contribution >= 0.6 is 12.2 Å². The van der Waals surface area contributed by atoms with Gasteiger partial charge in [0.25, 0.3) is 0 Å². The number of rotatable bonds is 6. The van der Waals surface area contributed by atoms with Crippen LogP contribution in [0.2, 0.25) is 0 Å². The average molecular weight is 470 g/mol. The molecule has 172 valence electrons. The molecule has 0 bridgehead atoms. The number of benzene rings is 2. The minimum atomic E-state index is -0.0938. The molecule has 2 atom stereocenters.